The second kappa shape index (κ2) is 9.68. The summed E-state index contributed by atoms with van der Waals surface area (Å²) in [5, 5.41) is 3.58. The highest BCUT2D eigenvalue weighted by Gasteiger charge is 2.08. The van der Waals surface area contributed by atoms with Gasteiger partial charge in [-0.05, 0) is 39.3 Å². The van der Waals surface area contributed by atoms with E-state index in [2.05, 4.69) is 45.1 Å². The normalized spacial score (nSPS) is 12.4. The van der Waals surface area contributed by atoms with Crippen LogP contribution < -0.4 is 10.1 Å². The fraction of sp³-hybridized carbons (Fsp3) is 0.667. The highest BCUT2D eigenvalue weighted by Crippen LogP contribution is 2.26. The van der Waals surface area contributed by atoms with Gasteiger partial charge in [-0.2, -0.15) is 0 Å². The zero-order valence-corrected chi connectivity index (χ0v) is 13.6. The van der Waals surface area contributed by atoms with Gasteiger partial charge in [0.2, 0.25) is 0 Å². The first kappa shape index (κ1) is 16.9. The Kier molecular flexibility index (Phi) is 8.17. The van der Waals surface area contributed by atoms with Crippen LogP contribution in [0.3, 0.4) is 0 Å². The molecule has 1 N–H and O–H groups in total. The molecule has 0 spiro atoms. The Balaban J connectivity index is 2.39. The van der Waals surface area contributed by atoms with Crippen LogP contribution in [0.5, 0.6) is 5.75 Å². The van der Waals surface area contributed by atoms with Crippen molar-refractivity contribution < 1.29 is 4.74 Å². The predicted molar refractivity (Wildman–Crippen MR) is 88.7 cm³/mol. The van der Waals surface area contributed by atoms with Crippen molar-refractivity contribution in [3.05, 3.63) is 24.3 Å². The average Bonchev–Trinajstić information content (AvgIpc) is 2.40. The van der Waals surface area contributed by atoms with E-state index in [1.54, 1.807) is 0 Å². The van der Waals surface area contributed by atoms with Gasteiger partial charge in [-0.15, -0.1) is 0 Å². The molecule has 0 radical (unpaired) electrons. The summed E-state index contributed by atoms with van der Waals surface area (Å²) < 4.78 is 5.84. The molecular formula is C18H31NO. The Hall–Kier alpha value is -1.18. The third kappa shape index (κ3) is 6.83. The van der Waals surface area contributed by atoms with Gasteiger partial charge in [0.05, 0.1) is 11.8 Å². The number of anilines is 1. The van der Waals surface area contributed by atoms with Crippen molar-refractivity contribution in [1.29, 1.82) is 0 Å². The van der Waals surface area contributed by atoms with Crippen LogP contribution in [0.4, 0.5) is 5.69 Å². The third-order valence-corrected chi connectivity index (χ3v) is 3.39. The van der Waals surface area contributed by atoms with Gasteiger partial charge in [0.15, 0.2) is 0 Å². The molecule has 0 fully saturated rings. The molecule has 0 amide bonds. The number of ether oxygens (including phenoxy) is 1. The molecule has 0 aliphatic rings. The maximum absolute atomic E-state index is 5.84. The Morgan fingerprint density at radius 3 is 2.40 bits per heavy atom. The van der Waals surface area contributed by atoms with E-state index in [1.165, 1.54) is 38.5 Å². The van der Waals surface area contributed by atoms with Gasteiger partial charge >= 0.3 is 0 Å². The Morgan fingerprint density at radius 1 is 1.00 bits per heavy atom. The number of unbranched alkanes of at least 4 members (excludes halogenated alkanes) is 4. The van der Waals surface area contributed by atoms with Gasteiger partial charge in [-0.25, -0.2) is 0 Å². The molecule has 0 aromatic heterocycles. The highest BCUT2D eigenvalue weighted by atomic mass is 16.5. The van der Waals surface area contributed by atoms with Crippen LogP contribution in [0.25, 0.3) is 0 Å². The summed E-state index contributed by atoms with van der Waals surface area (Å²) in [5.74, 6) is 0.959. The van der Waals surface area contributed by atoms with Crippen LogP contribution in [0.2, 0.25) is 0 Å². The lowest BCUT2D eigenvalue weighted by Crippen LogP contribution is -2.16. The van der Waals surface area contributed by atoms with Crippen molar-refractivity contribution in [2.24, 2.45) is 0 Å². The smallest absolute Gasteiger partial charge is 0.142 e. The summed E-state index contributed by atoms with van der Waals surface area (Å²) in [4.78, 5) is 0. The van der Waals surface area contributed by atoms with Crippen molar-refractivity contribution in [1.82, 2.24) is 0 Å². The van der Waals surface area contributed by atoms with Crippen LogP contribution >= 0.6 is 0 Å². The zero-order chi connectivity index (χ0) is 14.8. The van der Waals surface area contributed by atoms with Crippen molar-refractivity contribution in [3.8, 4) is 5.75 Å². The van der Waals surface area contributed by atoms with Crippen LogP contribution in [-0.2, 0) is 0 Å². The second-order valence-electron chi connectivity index (χ2n) is 5.91. The molecule has 0 saturated heterocycles. The van der Waals surface area contributed by atoms with Crippen LogP contribution in [-0.4, -0.2) is 12.1 Å². The average molecular weight is 277 g/mol. The molecule has 0 aliphatic heterocycles. The number of hydrogen-bond donors (Lipinski definition) is 1. The lowest BCUT2D eigenvalue weighted by Gasteiger charge is -2.19. The molecular weight excluding hydrogens is 246 g/mol. The quantitative estimate of drug-likeness (QED) is 0.559. The topological polar surface area (TPSA) is 21.3 Å². The van der Waals surface area contributed by atoms with Gasteiger partial charge in [0.25, 0.3) is 0 Å². The molecule has 2 heteroatoms. The van der Waals surface area contributed by atoms with E-state index in [1.807, 2.05) is 12.1 Å². The van der Waals surface area contributed by atoms with Crippen LogP contribution in [0.1, 0.15) is 66.2 Å². The van der Waals surface area contributed by atoms with Crippen molar-refractivity contribution in [2.45, 2.75) is 78.4 Å². The minimum absolute atomic E-state index is 0.210. The van der Waals surface area contributed by atoms with E-state index in [4.69, 9.17) is 4.74 Å². The fourth-order valence-electron chi connectivity index (χ4n) is 2.33. The summed E-state index contributed by atoms with van der Waals surface area (Å²) in [6.07, 6.45) is 8.14. The molecule has 114 valence electrons. The van der Waals surface area contributed by atoms with E-state index < -0.39 is 0 Å². The van der Waals surface area contributed by atoms with E-state index in [9.17, 15) is 0 Å². The zero-order valence-electron chi connectivity index (χ0n) is 13.6. The van der Waals surface area contributed by atoms with Gasteiger partial charge in [-0.3, -0.25) is 0 Å². The molecule has 1 aromatic carbocycles. The van der Waals surface area contributed by atoms with E-state index in [0.717, 1.165) is 11.4 Å². The lowest BCUT2D eigenvalue weighted by molar-refractivity contribution is 0.243. The standard InChI is InChI=1S/C18H31NO/c1-5-6-7-8-9-12-16(4)19-17-13-10-11-14-18(17)20-15(2)3/h10-11,13-16,19H,5-9,12H2,1-4H3. The first-order valence-electron chi connectivity index (χ1n) is 8.15. The Morgan fingerprint density at radius 2 is 1.70 bits per heavy atom. The second-order valence-corrected chi connectivity index (χ2v) is 5.91. The maximum atomic E-state index is 5.84. The van der Waals surface area contributed by atoms with Crippen molar-refractivity contribution >= 4 is 5.69 Å². The number of rotatable bonds is 10. The molecule has 0 heterocycles. The molecule has 1 unspecified atom stereocenters. The van der Waals surface area contributed by atoms with E-state index >= 15 is 0 Å². The lowest BCUT2D eigenvalue weighted by atomic mass is 10.1. The third-order valence-electron chi connectivity index (χ3n) is 3.39. The van der Waals surface area contributed by atoms with E-state index in [0.29, 0.717) is 6.04 Å². The Labute approximate surface area is 124 Å². The van der Waals surface area contributed by atoms with Gasteiger partial charge < -0.3 is 10.1 Å². The number of hydrogen-bond acceptors (Lipinski definition) is 2. The van der Waals surface area contributed by atoms with Crippen LogP contribution in [0, 0.1) is 0 Å². The summed E-state index contributed by atoms with van der Waals surface area (Å²) >= 11 is 0. The molecule has 0 bridgehead atoms. The van der Waals surface area contributed by atoms with Crippen LogP contribution in [0.15, 0.2) is 24.3 Å². The first-order chi connectivity index (χ1) is 9.63. The highest BCUT2D eigenvalue weighted by molar-refractivity contribution is 5.56. The van der Waals surface area contributed by atoms with Crippen molar-refractivity contribution in [3.63, 3.8) is 0 Å². The molecule has 1 atom stereocenters. The molecule has 0 aliphatic carbocycles. The molecule has 1 rings (SSSR count). The summed E-state index contributed by atoms with van der Waals surface area (Å²) in [6, 6.07) is 8.72. The van der Waals surface area contributed by atoms with Gasteiger partial charge in [-0.1, -0.05) is 51.2 Å². The fourth-order valence-corrected chi connectivity index (χ4v) is 2.33. The largest absolute Gasteiger partial charge is 0.489 e. The van der Waals surface area contributed by atoms with Crippen molar-refractivity contribution in [2.75, 3.05) is 5.32 Å². The molecule has 1 aromatic rings. The van der Waals surface area contributed by atoms with E-state index in [-0.39, 0.29) is 6.10 Å². The number of para-hydroxylation sites is 2. The SMILES string of the molecule is CCCCCCCC(C)Nc1ccccc1OC(C)C. The summed E-state index contributed by atoms with van der Waals surface area (Å²) in [7, 11) is 0. The molecule has 20 heavy (non-hydrogen) atoms. The maximum Gasteiger partial charge on any atom is 0.142 e. The molecule has 2 nitrogen and oxygen atoms in total. The number of nitrogens with one attached hydrogen (secondary N) is 1. The monoisotopic (exact) mass is 277 g/mol. The summed E-state index contributed by atoms with van der Waals surface area (Å²) in [5.41, 5.74) is 1.11. The van der Waals surface area contributed by atoms with Gasteiger partial charge in [0, 0.05) is 6.04 Å². The minimum atomic E-state index is 0.210. The summed E-state index contributed by atoms with van der Waals surface area (Å²) in [6.45, 7) is 8.64. The minimum Gasteiger partial charge on any atom is -0.489 e. The Bertz CT molecular complexity index is 362. The first-order valence-corrected chi connectivity index (χ1v) is 8.15. The van der Waals surface area contributed by atoms with Gasteiger partial charge in [0.1, 0.15) is 5.75 Å². The predicted octanol–water partition coefficient (Wildman–Crippen LogP) is 5.63. The number of benzene rings is 1. The molecule has 0 saturated carbocycles.